The topological polar surface area (TPSA) is 78.0 Å². The predicted octanol–water partition coefficient (Wildman–Crippen LogP) is 0.577. The molecule has 1 fully saturated rings. The van der Waals surface area contributed by atoms with E-state index < -0.39 is 0 Å². The molecule has 2 N–H and O–H groups in total. The van der Waals surface area contributed by atoms with Crippen molar-refractivity contribution in [2.24, 2.45) is 16.8 Å². The monoisotopic (exact) mass is 169 g/mol. The lowest BCUT2D eigenvalue weighted by atomic mass is 10.1. The fourth-order valence-corrected chi connectivity index (χ4v) is 1.60. The Balaban J connectivity index is 2.20. The highest BCUT2D eigenvalue weighted by Gasteiger charge is 2.20. The Morgan fingerprint density at radius 2 is 2.50 bits per heavy atom. The standard InChI is InChI=1S/C7H15N5/c8-2-4-12-3-1-7(6-12)5-10-11-9/h7H,1-6,8H2/t7-/m1/s1. The van der Waals surface area contributed by atoms with E-state index in [9.17, 15) is 0 Å². The second-order valence-corrected chi connectivity index (χ2v) is 3.16. The van der Waals surface area contributed by atoms with Gasteiger partial charge in [-0.05, 0) is 24.4 Å². The fraction of sp³-hybridized carbons (Fsp3) is 1.00. The van der Waals surface area contributed by atoms with Gasteiger partial charge < -0.3 is 10.6 Å². The minimum Gasteiger partial charge on any atom is -0.329 e. The SMILES string of the molecule is [N-]=[N+]=NC[C@H]1CCN(CCN)C1. The van der Waals surface area contributed by atoms with E-state index in [-0.39, 0.29) is 0 Å². The van der Waals surface area contributed by atoms with Gasteiger partial charge in [-0.2, -0.15) is 0 Å². The number of azide groups is 1. The van der Waals surface area contributed by atoms with Crippen molar-refractivity contribution in [3.05, 3.63) is 10.4 Å². The van der Waals surface area contributed by atoms with Gasteiger partial charge in [0, 0.05) is 31.1 Å². The molecule has 1 rings (SSSR count). The molecule has 0 aromatic heterocycles. The van der Waals surface area contributed by atoms with Crippen molar-refractivity contribution in [1.82, 2.24) is 4.90 Å². The summed E-state index contributed by atoms with van der Waals surface area (Å²) in [6.07, 6.45) is 1.14. The van der Waals surface area contributed by atoms with Crippen molar-refractivity contribution in [2.75, 3.05) is 32.7 Å². The van der Waals surface area contributed by atoms with E-state index in [2.05, 4.69) is 14.9 Å². The maximum absolute atomic E-state index is 8.12. The smallest absolute Gasteiger partial charge is 0.0298 e. The summed E-state index contributed by atoms with van der Waals surface area (Å²) in [5, 5.41) is 3.57. The highest BCUT2D eigenvalue weighted by Crippen LogP contribution is 2.15. The quantitative estimate of drug-likeness (QED) is 0.379. The van der Waals surface area contributed by atoms with Gasteiger partial charge in [-0.25, -0.2) is 0 Å². The first-order valence-corrected chi connectivity index (χ1v) is 4.30. The van der Waals surface area contributed by atoms with E-state index >= 15 is 0 Å². The van der Waals surface area contributed by atoms with Crippen LogP contribution in [-0.2, 0) is 0 Å². The molecule has 1 aliphatic heterocycles. The average Bonchev–Trinajstić information content (AvgIpc) is 2.50. The number of nitrogens with two attached hydrogens (primary N) is 1. The average molecular weight is 169 g/mol. The van der Waals surface area contributed by atoms with Crippen LogP contribution in [-0.4, -0.2) is 37.6 Å². The van der Waals surface area contributed by atoms with Gasteiger partial charge in [0.25, 0.3) is 0 Å². The van der Waals surface area contributed by atoms with Crippen LogP contribution < -0.4 is 5.73 Å². The van der Waals surface area contributed by atoms with Crippen LogP contribution in [0.25, 0.3) is 10.4 Å². The summed E-state index contributed by atoms with van der Waals surface area (Å²) < 4.78 is 0. The zero-order valence-electron chi connectivity index (χ0n) is 7.19. The zero-order chi connectivity index (χ0) is 8.81. The summed E-state index contributed by atoms with van der Waals surface area (Å²) in [4.78, 5) is 5.07. The molecule has 0 aromatic carbocycles. The Morgan fingerprint density at radius 3 is 3.17 bits per heavy atom. The summed E-state index contributed by atoms with van der Waals surface area (Å²) in [5.74, 6) is 0.549. The molecule has 12 heavy (non-hydrogen) atoms. The molecular weight excluding hydrogens is 154 g/mol. The van der Waals surface area contributed by atoms with E-state index in [0.29, 0.717) is 19.0 Å². The van der Waals surface area contributed by atoms with Gasteiger partial charge in [-0.15, -0.1) is 0 Å². The van der Waals surface area contributed by atoms with Gasteiger partial charge in [0.05, 0.1) is 0 Å². The van der Waals surface area contributed by atoms with Gasteiger partial charge >= 0.3 is 0 Å². The minimum absolute atomic E-state index is 0.549. The van der Waals surface area contributed by atoms with E-state index in [1.165, 1.54) is 0 Å². The fourth-order valence-electron chi connectivity index (χ4n) is 1.60. The van der Waals surface area contributed by atoms with Crippen LogP contribution in [0.1, 0.15) is 6.42 Å². The van der Waals surface area contributed by atoms with Crippen molar-refractivity contribution in [2.45, 2.75) is 6.42 Å². The van der Waals surface area contributed by atoms with Crippen LogP contribution in [0, 0.1) is 5.92 Å². The number of rotatable bonds is 4. The van der Waals surface area contributed by atoms with Crippen molar-refractivity contribution in [1.29, 1.82) is 0 Å². The Kier molecular flexibility index (Phi) is 3.87. The molecule has 5 heteroatoms. The Labute approximate surface area is 72.2 Å². The van der Waals surface area contributed by atoms with Crippen molar-refractivity contribution in [3.63, 3.8) is 0 Å². The van der Waals surface area contributed by atoms with Crippen molar-refractivity contribution >= 4 is 0 Å². The second kappa shape index (κ2) is 4.98. The molecule has 0 aliphatic carbocycles. The normalized spacial score (nSPS) is 23.9. The molecule has 1 atom stereocenters. The van der Waals surface area contributed by atoms with Crippen LogP contribution >= 0.6 is 0 Å². The number of hydrogen-bond donors (Lipinski definition) is 1. The highest BCUT2D eigenvalue weighted by atomic mass is 15.2. The third-order valence-corrected chi connectivity index (χ3v) is 2.22. The molecule has 0 bridgehead atoms. The predicted molar refractivity (Wildman–Crippen MR) is 47.6 cm³/mol. The first-order chi connectivity index (χ1) is 5.86. The number of nitrogens with zero attached hydrogens (tertiary/aromatic N) is 4. The molecule has 1 heterocycles. The second-order valence-electron chi connectivity index (χ2n) is 3.16. The van der Waals surface area contributed by atoms with E-state index in [1.54, 1.807) is 0 Å². The number of likely N-dealkylation sites (tertiary alicyclic amines) is 1. The van der Waals surface area contributed by atoms with E-state index in [4.69, 9.17) is 11.3 Å². The summed E-state index contributed by atoms with van der Waals surface area (Å²) in [6, 6.07) is 0. The minimum atomic E-state index is 0.549. The molecule has 0 saturated carbocycles. The van der Waals surface area contributed by atoms with Gasteiger partial charge in [-0.3, -0.25) is 0 Å². The van der Waals surface area contributed by atoms with E-state index in [1.807, 2.05) is 0 Å². The lowest BCUT2D eigenvalue weighted by Gasteiger charge is -2.13. The van der Waals surface area contributed by atoms with Gasteiger partial charge in [0.2, 0.25) is 0 Å². The maximum Gasteiger partial charge on any atom is 0.0298 e. The molecule has 0 unspecified atom stereocenters. The Morgan fingerprint density at radius 1 is 1.67 bits per heavy atom. The lowest BCUT2D eigenvalue weighted by Crippen LogP contribution is -2.27. The van der Waals surface area contributed by atoms with Crippen molar-refractivity contribution < 1.29 is 0 Å². The molecule has 68 valence electrons. The maximum atomic E-state index is 8.12. The van der Waals surface area contributed by atoms with Gasteiger partial charge in [0.1, 0.15) is 0 Å². The lowest BCUT2D eigenvalue weighted by molar-refractivity contribution is 0.334. The molecular formula is C7H15N5. The first-order valence-electron chi connectivity index (χ1n) is 4.30. The van der Waals surface area contributed by atoms with Crippen LogP contribution in [0.2, 0.25) is 0 Å². The van der Waals surface area contributed by atoms with Crippen LogP contribution in [0.15, 0.2) is 5.11 Å². The summed E-state index contributed by atoms with van der Waals surface area (Å²) in [6.45, 7) is 4.46. The molecule has 5 nitrogen and oxygen atoms in total. The first kappa shape index (κ1) is 9.32. The Hall–Kier alpha value is -0.770. The number of hydrogen-bond acceptors (Lipinski definition) is 3. The van der Waals surface area contributed by atoms with Crippen molar-refractivity contribution in [3.8, 4) is 0 Å². The highest BCUT2D eigenvalue weighted by molar-refractivity contribution is 4.77. The third-order valence-electron chi connectivity index (χ3n) is 2.22. The molecule has 0 amide bonds. The third kappa shape index (κ3) is 2.70. The van der Waals surface area contributed by atoms with Crippen LogP contribution in [0.5, 0.6) is 0 Å². The molecule has 1 saturated heterocycles. The Bertz CT molecular complexity index is 175. The summed E-state index contributed by atoms with van der Waals surface area (Å²) in [5.41, 5.74) is 13.6. The van der Waals surface area contributed by atoms with Crippen LogP contribution in [0.4, 0.5) is 0 Å². The molecule has 0 radical (unpaired) electrons. The molecule has 1 aliphatic rings. The summed E-state index contributed by atoms with van der Waals surface area (Å²) >= 11 is 0. The largest absolute Gasteiger partial charge is 0.329 e. The van der Waals surface area contributed by atoms with Gasteiger partial charge in [0.15, 0.2) is 0 Å². The van der Waals surface area contributed by atoms with E-state index in [0.717, 1.165) is 26.1 Å². The molecule has 0 spiro atoms. The molecule has 0 aromatic rings. The van der Waals surface area contributed by atoms with Crippen LogP contribution in [0.3, 0.4) is 0 Å². The summed E-state index contributed by atoms with van der Waals surface area (Å²) in [7, 11) is 0. The van der Waals surface area contributed by atoms with Gasteiger partial charge in [-0.1, -0.05) is 5.11 Å². The zero-order valence-corrected chi connectivity index (χ0v) is 7.19.